The molecule has 0 fully saturated rings. The van der Waals surface area contributed by atoms with E-state index in [4.69, 9.17) is 16.3 Å². The van der Waals surface area contributed by atoms with Gasteiger partial charge in [-0.05, 0) is 35.9 Å². The zero-order valence-electron chi connectivity index (χ0n) is 13.2. The van der Waals surface area contributed by atoms with Gasteiger partial charge in [0.2, 0.25) is 0 Å². The lowest BCUT2D eigenvalue weighted by molar-refractivity contribution is -0.142. The van der Waals surface area contributed by atoms with Gasteiger partial charge in [-0.25, -0.2) is 4.79 Å². The second-order valence-corrected chi connectivity index (χ2v) is 5.52. The first-order chi connectivity index (χ1) is 12.3. The van der Waals surface area contributed by atoms with Crippen LogP contribution in [-0.2, 0) is 20.5 Å². The number of ether oxygens (including phenoxy) is 1. The molecule has 0 aliphatic rings. The normalized spacial score (nSPS) is 11.4. The van der Waals surface area contributed by atoms with Crippen LogP contribution >= 0.6 is 11.6 Å². The predicted octanol–water partition coefficient (Wildman–Crippen LogP) is 4.55. The van der Waals surface area contributed by atoms with E-state index in [0.29, 0.717) is 10.6 Å². The van der Waals surface area contributed by atoms with E-state index in [1.54, 1.807) is 24.3 Å². The molecular weight excluding hydrogens is 371 g/mol. The topological polar surface area (TPSA) is 55.4 Å². The third kappa shape index (κ3) is 5.93. The fourth-order valence-corrected chi connectivity index (χ4v) is 2.18. The van der Waals surface area contributed by atoms with Crippen molar-refractivity contribution in [1.29, 1.82) is 0 Å². The SMILES string of the molecule is O=C(COC(=O)C=Cc1cccc(Cl)c1)Nc1ccccc1C(F)(F)F. The van der Waals surface area contributed by atoms with Gasteiger partial charge in [-0.1, -0.05) is 35.9 Å². The summed E-state index contributed by atoms with van der Waals surface area (Å²) < 4.78 is 43.2. The third-order valence-electron chi connectivity index (χ3n) is 3.11. The van der Waals surface area contributed by atoms with Crippen LogP contribution in [-0.4, -0.2) is 18.5 Å². The first-order valence-electron chi connectivity index (χ1n) is 7.32. The van der Waals surface area contributed by atoms with Crippen LogP contribution in [0.4, 0.5) is 18.9 Å². The van der Waals surface area contributed by atoms with E-state index in [2.05, 4.69) is 5.32 Å². The minimum atomic E-state index is -4.61. The highest BCUT2D eigenvalue weighted by Gasteiger charge is 2.33. The molecule has 4 nitrogen and oxygen atoms in total. The van der Waals surface area contributed by atoms with Gasteiger partial charge in [-0.3, -0.25) is 4.79 Å². The number of para-hydroxylation sites is 1. The molecule has 0 saturated carbocycles. The van der Waals surface area contributed by atoms with Crippen LogP contribution in [0.3, 0.4) is 0 Å². The largest absolute Gasteiger partial charge is 0.452 e. The number of anilines is 1. The van der Waals surface area contributed by atoms with Gasteiger partial charge in [-0.2, -0.15) is 13.2 Å². The van der Waals surface area contributed by atoms with E-state index in [9.17, 15) is 22.8 Å². The van der Waals surface area contributed by atoms with Crippen LogP contribution in [0.1, 0.15) is 11.1 Å². The van der Waals surface area contributed by atoms with Crippen LogP contribution in [0, 0.1) is 0 Å². The summed E-state index contributed by atoms with van der Waals surface area (Å²) in [5.41, 5.74) is -0.742. The highest BCUT2D eigenvalue weighted by Crippen LogP contribution is 2.34. The molecule has 2 aromatic carbocycles. The van der Waals surface area contributed by atoms with Crippen molar-refractivity contribution in [2.75, 3.05) is 11.9 Å². The molecule has 0 radical (unpaired) electrons. The summed E-state index contributed by atoms with van der Waals surface area (Å²) in [6.07, 6.45) is -2.09. The summed E-state index contributed by atoms with van der Waals surface area (Å²) in [5, 5.41) is 2.57. The number of halogens is 4. The molecule has 0 heterocycles. The summed E-state index contributed by atoms with van der Waals surface area (Å²) in [6, 6.07) is 11.2. The van der Waals surface area contributed by atoms with Crippen molar-refractivity contribution in [3.63, 3.8) is 0 Å². The van der Waals surface area contributed by atoms with E-state index in [0.717, 1.165) is 18.2 Å². The lowest BCUT2D eigenvalue weighted by Gasteiger charge is -2.13. The number of carbonyl (C=O) groups excluding carboxylic acids is 2. The van der Waals surface area contributed by atoms with Crippen LogP contribution in [0.15, 0.2) is 54.6 Å². The quantitative estimate of drug-likeness (QED) is 0.608. The maximum Gasteiger partial charge on any atom is 0.418 e. The Morgan fingerprint density at radius 3 is 2.54 bits per heavy atom. The van der Waals surface area contributed by atoms with E-state index in [1.165, 1.54) is 18.2 Å². The standard InChI is InChI=1S/C18H13ClF3NO3/c19-13-5-3-4-12(10-13)8-9-17(25)26-11-16(24)23-15-7-2-1-6-14(15)18(20,21)22/h1-10H,11H2,(H,23,24). The molecule has 0 spiro atoms. The summed E-state index contributed by atoms with van der Waals surface area (Å²) >= 11 is 5.80. The maximum atomic E-state index is 12.8. The average molecular weight is 384 g/mol. The van der Waals surface area contributed by atoms with Crippen molar-refractivity contribution >= 4 is 35.2 Å². The number of hydrogen-bond acceptors (Lipinski definition) is 3. The molecule has 8 heteroatoms. The highest BCUT2D eigenvalue weighted by molar-refractivity contribution is 6.30. The Kier molecular flexibility index (Phi) is 6.41. The monoisotopic (exact) mass is 383 g/mol. The number of carbonyl (C=O) groups is 2. The number of alkyl halides is 3. The molecule has 0 aromatic heterocycles. The molecule has 0 bridgehead atoms. The maximum absolute atomic E-state index is 12.8. The number of esters is 1. The molecule has 2 rings (SSSR count). The summed E-state index contributed by atoms with van der Waals surface area (Å²) in [7, 11) is 0. The second kappa shape index (κ2) is 8.53. The fraction of sp³-hybridized carbons (Fsp3) is 0.111. The number of hydrogen-bond donors (Lipinski definition) is 1. The molecule has 0 saturated heterocycles. The van der Waals surface area contributed by atoms with Gasteiger partial charge in [0, 0.05) is 11.1 Å². The van der Waals surface area contributed by atoms with Gasteiger partial charge in [-0.15, -0.1) is 0 Å². The minimum Gasteiger partial charge on any atom is -0.452 e. The minimum absolute atomic E-state index is 0.407. The first kappa shape index (κ1) is 19.5. The van der Waals surface area contributed by atoms with E-state index < -0.39 is 35.9 Å². The molecule has 136 valence electrons. The Morgan fingerprint density at radius 1 is 1.12 bits per heavy atom. The van der Waals surface area contributed by atoms with Crippen LogP contribution in [0.2, 0.25) is 5.02 Å². The Balaban J connectivity index is 1.90. The third-order valence-corrected chi connectivity index (χ3v) is 3.35. The highest BCUT2D eigenvalue weighted by atomic mass is 35.5. The second-order valence-electron chi connectivity index (χ2n) is 5.09. The summed E-state index contributed by atoms with van der Waals surface area (Å²) in [6.45, 7) is -0.717. The molecule has 0 unspecified atom stereocenters. The van der Waals surface area contributed by atoms with Crippen molar-refractivity contribution in [3.8, 4) is 0 Å². The van der Waals surface area contributed by atoms with Gasteiger partial charge in [0.15, 0.2) is 6.61 Å². The van der Waals surface area contributed by atoms with Crippen LogP contribution in [0.25, 0.3) is 6.08 Å². The Bertz CT molecular complexity index is 834. The van der Waals surface area contributed by atoms with Crippen LogP contribution < -0.4 is 5.32 Å². The van der Waals surface area contributed by atoms with Gasteiger partial charge in [0.05, 0.1) is 11.3 Å². The predicted molar refractivity (Wildman–Crippen MR) is 91.5 cm³/mol. The molecular formula is C18H13ClF3NO3. The molecule has 0 aliphatic carbocycles. The molecule has 26 heavy (non-hydrogen) atoms. The molecule has 2 aromatic rings. The molecule has 0 aliphatic heterocycles. The van der Waals surface area contributed by atoms with Crippen molar-refractivity contribution < 1.29 is 27.5 Å². The lowest BCUT2D eigenvalue weighted by atomic mass is 10.1. The molecule has 1 N–H and O–H groups in total. The van der Waals surface area contributed by atoms with Gasteiger partial charge < -0.3 is 10.1 Å². The van der Waals surface area contributed by atoms with Gasteiger partial charge >= 0.3 is 12.1 Å². The van der Waals surface area contributed by atoms with Gasteiger partial charge in [0.1, 0.15) is 0 Å². The van der Waals surface area contributed by atoms with Crippen molar-refractivity contribution in [2.45, 2.75) is 6.18 Å². The van der Waals surface area contributed by atoms with E-state index >= 15 is 0 Å². The number of benzene rings is 2. The van der Waals surface area contributed by atoms with Crippen molar-refractivity contribution in [3.05, 3.63) is 70.8 Å². The fourth-order valence-electron chi connectivity index (χ4n) is 1.98. The number of nitrogens with one attached hydrogen (secondary N) is 1. The van der Waals surface area contributed by atoms with E-state index in [-0.39, 0.29) is 0 Å². The zero-order chi connectivity index (χ0) is 19.2. The average Bonchev–Trinajstić information content (AvgIpc) is 2.58. The van der Waals surface area contributed by atoms with Crippen molar-refractivity contribution in [1.82, 2.24) is 0 Å². The van der Waals surface area contributed by atoms with Crippen molar-refractivity contribution in [2.24, 2.45) is 0 Å². The van der Waals surface area contributed by atoms with Crippen LogP contribution in [0.5, 0.6) is 0 Å². The summed E-state index contributed by atoms with van der Waals surface area (Å²) in [5.74, 6) is -1.70. The number of rotatable bonds is 5. The zero-order valence-corrected chi connectivity index (χ0v) is 14.0. The number of amides is 1. The summed E-state index contributed by atoms with van der Waals surface area (Å²) in [4.78, 5) is 23.3. The first-order valence-corrected chi connectivity index (χ1v) is 7.70. The smallest absolute Gasteiger partial charge is 0.418 e. The van der Waals surface area contributed by atoms with E-state index in [1.807, 2.05) is 0 Å². The molecule has 1 amide bonds. The Labute approximate surface area is 152 Å². The Morgan fingerprint density at radius 2 is 1.85 bits per heavy atom. The molecule has 0 atom stereocenters. The van der Waals surface area contributed by atoms with Gasteiger partial charge in [0.25, 0.3) is 5.91 Å². The lowest BCUT2D eigenvalue weighted by Crippen LogP contribution is -2.22. The Hall–Kier alpha value is -2.80.